The number of rotatable bonds is 4. The maximum Gasteiger partial charge on any atom is 0.243 e. The van der Waals surface area contributed by atoms with Crippen molar-refractivity contribution in [2.45, 2.75) is 12.2 Å². The highest BCUT2D eigenvalue weighted by molar-refractivity contribution is 7.92. The molecule has 1 aromatic rings. The van der Waals surface area contributed by atoms with Crippen molar-refractivity contribution < 1.29 is 18.4 Å². The van der Waals surface area contributed by atoms with Gasteiger partial charge in [0.1, 0.15) is 11.1 Å². The fourth-order valence-corrected chi connectivity index (χ4v) is 1.69. The van der Waals surface area contributed by atoms with Gasteiger partial charge in [0.2, 0.25) is 5.91 Å². The van der Waals surface area contributed by atoms with Gasteiger partial charge in [-0.15, -0.1) is 0 Å². The van der Waals surface area contributed by atoms with E-state index in [4.69, 9.17) is 10.9 Å². The Hall–Kier alpha value is -2.10. The van der Waals surface area contributed by atoms with E-state index < -0.39 is 21.0 Å². The second-order valence-corrected chi connectivity index (χ2v) is 6.34. The minimum Gasteiger partial charge on any atom is -0.409 e. The van der Waals surface area contributed by atoms with E-state index in [0.717, 1.165) is 6.26 Å². The maximum atomic E-state index is 11.8. The lowest BCUT2D eigenvalue weighted by Crippen LogP contribution is -2.33. The Morgan fingerprint density at radius 1 is 1.63 bits per heavy atom. The number of hydrogen-bond acceptors (Lipinski definition) is 6. The lowest BCUT2D eigenvalue weighted by atomic mass is 10.3. The molecule has 19 heavy (non-hydrogen) atoms. The van der Waals surface area contributed by atoms with Gasteiger partial charge in [0.05, 0.1) is 11.8 Å². The molecule has 10 heteroatoms. The molecule has 106 valence electrons. The van der Waals surface area contributed by atoms with Gasteiger partial charge in [-0.1, -0.05) is 5.16 Å². The van der Waals surface area contributed by atoms with E-state index in [-0.39, 0.29) is 17.2 Å². The van der Waals surface area contributed by atoms with Crippen LogP contribution in [0.5, 0.6) is 0 Å². The van der Waals surface area contributed by atoms with Gasteiger partial charge >= 0.3 is 0 Å². The number of carbonyl (C=O) groups excluding carboxylic acids is 1. The topological polar surface area (TPSA) is 140 Å². The summed E-state index contributed by atoms with van der Waals surface area (Å²) < 4.78 is 23.9. The average molecular weight is 289 g/mol. The standard InChI is InChI=1S/C9H15N5O4S/c1-5(19(3,17)18)9(15)12-8-6(7(10)13-16)4-11-14(8)2/h4-5,16H,1-3H3,(H2,10,13)(H,12,15). The van der Waals surface area contributed by atoms with Gasteiger partial charge in [-0.3, -0.25) is 9.48 Å². The van der Waals surface area contributed by atoms with E-state index in [9.17, 15) is 13.2 Å². The number of amides is 1. The smallest absolute Gasteiger partial charge is 0.243 e. The van der Waals surface area contributed by atoms with Crippen LogP contribution in [0.25, 0.3) is 0 Å². The van der Waals surface area contributed by atoms with Gasteiger partial charge in [-0.05, 0) is 6.92 Å². The van der Waals surface area contributed by atoms with Crippen LogP contribution in [0, 0.1) is 0 Å². The maximum absolute atomic E-state index is 11.8. The number of nitrogens with zero attached hydrogens (tertiary/aromatic N) is 3. The Morgan fingerprint density at radius 2 is 2.21 bits per heavy atom. The normalized spacial score (nSPS) is 14.2. The summed E-state index contributed by atoms with van der Waals surface area (Å²) in [7, 11) is -1.99. The van der Waals surface area contributed by atoms with Crippen LogP contribution in [0.3, 0.4) is 0 Å². The third-order valence-corrected chi connectivity index (χ3v) is 4.07. The zero-order valence-electron chi connectivity index (χ0n) is 10.7. The molecule has 0 fully saturated rings. The lowest BCUT2D eigenvalue weighted by molar-refractivity contribution is -0.115. The van der Waals surface area contributed by atoms with E-state index in [1.54, 1.807) is 0 Å². The fraction of sp³-hybridized carbons (Fsp3) is 0.444. The molecule has 0 spiro atoms. The van der Waals surface area contributed by atoms with Crippen molar-refractivity contribution in [3.8, 4) is 0 Å². The van der Waals surface area contributed by atoms with Gasteiger partial charge in [0.15, 0.2) is 15.7 Å². The molecule has 0 radical (unpaired) electrons. The molecule has 0 aromatic carbocycles. The first-order valence-corrected chi connectivity index (χ1v) is 7.13. The van der Waals surface area contributed by atoms with Crippen LogP contribution < -0.4 is 11.1 Å². The molecule has 0 aliphatic carbocycles. The molecule has 0 aliphatic rings. The quantitative estimate of drug-likeness (QED) is 0.278. The summed E-state index contributed by atoms with van der Waals surface area (Å²) >= 11 is 0. The molecule has 1 amide bonds. The van der Waals surface area contributed by atoms with E-state index in [1.165, 1.54) is 24.9 Å². The molecule has 1 aromatic heterocycles. The molecular weight excluding hydrogens is 274 g/mol. The first kappa shape index (κ1) is 15.0. The molecule has 1 rings (SSSR count). The first-order chi connectivity index (χ1) is 8.68. The van der Waals surface area contributed by atoms with Crippen LogP contribution in [0.2, 0.25) is 0 Å². The number of aryl methyl sites for hydroxylation is 1. The highest BCUT2D eigenvalue weighted by atomic mass is 32.2. The third-order valence-electron chi connectivity index (χ3n) is 2.58. The number of anilines is 1. The Balaban J connectivity index is 3.07. The van der Waals surface area contributed by atoms with Gasteiger partial charge in [-0.25, -0.2) is 8.42 Å². The van der Waals surface area contributed by atoms with E-state index in [0.29, 0.717) is 0 Å². The van der Waals surface area contributed by atoms with Crippen molar-refractivity contribution >= 4 is 27.4 Å². The Kier molecular flexibility index (Phi) is 4.14. The Morgan fingerprint density at radius 3 is 2.68 bits per heavy atom. The highest BCUT2D eigenvalue weighted by Gasteiger charge is 2.25. The average Bonchev–Trinajstić information content (AvgIpc) is 2.68. The summed E-state index contributed by atoms with van der Waals surface area (Å²) in [6.07, 6.45) is 2.25. The first-order valence-electron chi connectivity index (χ1n) is 5.18. The molecule has 0 saturated heterocycles. The van der Waals surface area contributed by atoms with Gasteiger partial charge in [0.25, 0.3) is 0 Å². The van der Waals surface area contributed by atoms with Crippen molar-refractivity contribution in [1.29, 1.82) is 0 Å². The number of aromatic nitrogens is 2. The molecule has 1 unspecified atom stereocenters. The summed E-state index contributed by atoms with van der Waals surface area (Å²) in [5.41, 5.74) is 5.62. The number of nitrogens with one attached hydrogen (secondary N) is 1. The highest BCUT2D eigenvalue weighted by Crippen LogP contribution is 2.14. The molecule has 1 heterocycles. The van der Waals surface area contributed by atoms with Crippen LogP contribution in [-0.4, -0.2) is 46.7 Å². The number of oxime groups is 1. The summed E-state index contributed by atoms with van der Waals surface area (Å²) in [4.78, 5) is 11.8. The van der Waals surface area contributed by atoms with Crippen LogP contribution in [-0.2, 0) is 21.7 Å². The van der Waals surface area contributed by atoms with E-state index in [1.807, 2.05) is 0 Å². The zero-order valence-corrected chi connectivity index (χ0v) is 11.5. The SMILES string of the molecule is CC(C(=O)Nc1c(C(N)=NO)cnn1C)S(C)(=O)=O. The number of hydrogen-bond donors (Lipinski definition) is 3. The number of carbonyl (C=O) groups is 1. The molecule has 9 nitrogen and oxygen atoms in total. The van der Waals surface area contributed by atoms with Crippen LogP contribution >= 0.6 is 0 Å². The van der Waals surface area contributed by atoms with Gasteiger partial charge in [-0.2, -0.15) is 5.10 Å². The summed E-state index contributed by atoms with van der Waals surface area (Å²) in [5, 5.41) is 16.4. The minimum absolute atomic E-state index is 0.149. The molecular formula is C9H15N5O4S. The van der Waals surface area contributed by atoms with Crippen LogP contribution in [0.4, 0.5) is 5.82 Å². The van der Waals surface area contributed by atoms with Crippen molar-refractivity contribution in [2.24, 2.45) is 17.9 Å². The van der Waals surface area contributed by atoms with Crippen molar-refractivity contribution in [3.63, 3.8) is 0 Å². The molecule has 4 N–H and O–H groups in total. The largest absolute Gasteiger partial charge is 0.409 e. The lowest BCUT2D eigenvalue weighted by Gasteiger charge is -2.11. The van der Waals surface area contributed by atoms with Crippen LogP contribution in [0.1, 0.15) is 12.5 Å². The predicted molar refractivity (Wildman–Crippen MR) is 68.7 cm³/mol. The molecule has 0 saturated carbocycles. The number of amidine groups is 1. The second-order valence-electron chi connectivity index (χ2n) is 3.98. The third kappa shape index (κ3) is 3.22. The molecule has 1 atom stereocenters. The van der Waals surface area contributed by atoms with Gasteiger partial charge in [0, 0.05) is 13.3 Å². The fourth-order valence-electron chi connectivity index (χ4n) is 1.24. The van der Waals surface area contributed by atoms with Crippen molar-refractivity contribution in [3.05, 3.63) is 11.8 Å². The number of nitrogens with two attached hydrogens (primary N) is 1. The minimum atomic E-state index is -3.51. The Bertz CT molecular complexity index is 619. The second kappa shape index (κ2) is 5.26. The molecule has 0 bridgehead atoms. The van der Waals surface area contributed by atoms with Crippen molar-refractivity contribution in [2.75, 3.05) is 11.6 Å². The van der Waals surface area contributed by atoms with Crippen LogP contribution in [0.15, 0.2) is 11.4 Å². The molecule has 0 aliphatic heterocycles. The summed E-state index contributed by atoms with van der Waals surface area (Å²) in [6, 6.07) is 0. The number of sulfone groups is 1. The van der Waals surface area contributed by atoms with E-state index >= 15 is 0 Å². The summed E-state index contributed by atoms with van der Waals surface area (Å²) in [6.45, 7) is 1.27. The zero-order chi connectivity index (χ0) is 14.8. The van der Waals surface area contributed by atoms with E-state index in [2.05, 4.69) is 15.6 Å². The van der Waals surface area contributed by atoms with Gasteiger partial charge < -0.3 is 16.3 Å². The van der Waals surface area contributed by atoms with Crippen molar-refractivity contribution in [1.82, 2.24) is 9.78 Å². The Labute approximate surface area is 110 Å². The summed E-state index contributed by atoms with van der Waals surface area (Å²) in [5.74, 6) is -0.815. The monoisotopic (exact) mass is 289 g/mol. The predicted octanol–water partition coefficient (Wildman–Crippen LogP) is -1.11.